The fourth-order valence-corrected chi connectivity index (χ4v) is 1.20. The Bertz CT molecular complexity index is 510. The van der Waals surface area contributed by atoms with Crippen LogP contribution in [0.3, 0.4) is 0 Å². The highest BCUT2D eigenvalue weighted by Crippen LogP contribution is 2.21. The lowest BCUT2D eigenvalue weighted by atomic mass is 10.2. The van der Waals surface area contributed by atoms with Gasteiger partial charge >= 0.3 is 0 Å². The first-order valence-electron chi connectivity index (χ1n) is 3.88. The van der Waals surface area contributed by atoms with Crippen LogP contribution in [0.1, 0.15) is 5.76 Å². The third-order valence-corrected chi connectivity index (χ3v) is 1.87. The maximum atomic E-state index is 13.2. The zero-order chi connectivity index (χ0) is 10.1. The predicted molar refractivity (Wildman–Crippen MR) is 55.9 cm³/mol. The van der Waals surface area contributed by atoms with Gasteiger partial charge in [-0.3, -0.25) is 0 Å². The molecule has 1 heterocycles. The molecule has 0 saturated heterocycles. The smallest absolute Gasteiger partial charge is 0.205 e. The Balaban J connectivity index is 0.00000112. The summed E-state index contributed by atoms with van der Waals surface area (Å²) in [5, 5.41) is 11.5. The summed E-state index contributed by atoms with van der Waals surface area (Å²) in [7, 11) is 0. The summed E-state index contributed by atoms with van der Waals surface area (Å²) in [5.41, 5.74) is 5.66. The molecule has 4 nitrogen and oxygen atoms in total. The van der Waals surface area contributed by atoms with E-state index in [4.69, 9.17) is 15.4 Å². The number of nitrogens with zero attached hydrogens (tertiary/aromatic N) is 1. The lowest BCUT2D eigenvalue weighted by molar-refractivity contribution is 0.317. The van der Waals surface area contributed by atoms with Gasteiger partial charge < -0.3 is 15.4 Å². The van der Waals surface area contributed by atoms with Gasteiger partial charge in [-0.15, -0.1) is 12.4 Å². The number of benzene rings is 1. The molecular formula is C9H8ClFN2O2. The minimum atomic E-state index is -0.400. The van der Waals surface area contributed by atoms with Crippen LogP contribution >= 0.6 is 12.4 Å². The van der Waals surface area contributed by atoms with Crippen LogP contribution in [0, 0.1) is 5.82 Å². The lowest BCUT2D eigenvalue weighted by Crippen LogP contribution is -2.11. The topological polar surface area (TPSA) is 71.8 Å². The molecule has 2 rings (SSSR count). The van der Waals surface area contributed by atoms with E-state index in [1.54, 1.807) is 6.07 Å². The summed E-state index contributed by atoms with van der Waals surface area (Å²) >= 11 is 0. The van der Waals surface area contributed by atoms with E-state index in [1.807, 2.05) is 0 Å². The third kappa shape index (κ3) is 1.87. The van der Waals surface area contributed by atoms with Crippen LogP contribution in [0.4, 0.5) is 4.39 Å². The predicted octanol–water partition coefficient (Wildman–Crippen LogP) is 2.09. The molecule has 1 aromatic carbocycles. The summed E-state index contributed by atoms with van der Waals surface area (Å²) in [6.07, 6.45) is 0. The molecule has 0 fully saturated rings. The molecule has 0 bridgehead atoms. The monoisotopic (exact) mass is 230 g/mol. The van der Waals surface area contributed by atoms with Crippen molar-refractivity contribution in [3.63, 3.8) is 0 Å². The van der Waals surface area contributed by atoms with Gasteiger partial charge in [-0.05, 0) is 18.2 Å². The molecule has 0 atom stereocenters. The highest BCUT2D eigenvalue weighted by molar-refractivity contribution is 5.98. The third-order valence-electron chi connectivity index (χ3n) is 1.87. The van der Waals surface area contributed by atoms with Crippen molar-refractivity contribution in [2.45, 2.75) is 0 Å². The van der Waals surface area contributed by atoms with Gasteiger partial charge in [0.1, 0.15) is 11.4 Å². The fraction of sp³-hybridized carbons (Fsp3) is 0. The average Bonchev–Trinajstić information content (AvgIpc) is 2.62. The highest BCUT2D eigenvalue weighted by Gasteiger charge is 2.10. The molecule has 0 radical (unpaired) electrons. The largest absolute Gasteiger partial charge is 0.453 e. The number of hydrogen-bond acceptors (Lipinski definition) is 3. The molecule has 0 aliphatic rings. The van der Waals surface area contributed by atoms with E-state index in [1.165, 1.54) is 18.2 Å². The number of hydrogen-bond donors (Lipinski definition) is 2. The number of amidine groups is 1. The van der Waals surface area contributed by atoms with Crippen LogP contribution in [0.5, 0.6) is 0 Å². The van der Waals surface area contributed by atoms with Gasteiger partial charge in [-0.1, -0.05) is 11.2 Å². The van der Waals surface area contributed by atoms with E-state index in [-0.39, 0.29) is 24.0 Å². The van der Waals surface area contributed by atoms with Crippen molar-refractivity contribution in [2.75, 3.05) is 0 Å². The summed E-state index contributed by atoms with van der Waals surface area (Å²) in [6.45, 7) is 0. The second kappa shape index (κ2) is 4.18. The standard InChI is InChI=1S/C9H7FN2O2.ClH/c10-6-2-1-3-7-5(6)4-8(14-7)9(11)12-13;/h1-4,13H,(H2,11,12);1H. The summed E-state index contributed by atoms with van der Waals surface area (Å²) < 4.78 is 18.3. The summed E-state index contributed by atoms with van der Waals surface area (Å²) in [5.74, 6) is -0.434. The van der Waals surface area contributed by atoms with Crippen LogP contribution in [0.25, 0.3) is 11.0 Å². The average molecular weight is 231 g/mol. The Hall–Kier alpha value is -1.75. The Kier molecular flexibility index (Phi) is 3.16. The molecule has 0 aliphatic carbocycles. The quantitative estimate of drug-likeness (QED) is 0.341. The minimum Gasteiger partial charge on any atom is -0.453 e. The molecule has 3 N–H and O–H groups in total. The van der Waals surface area contributed by atoms with Gasteiger partial charge in [0.15, 0.2) is 5.76 Å². The minimum absolute atomic E-state index is 0. The SMILES string of the molecule is Cl.NC(=NO)c1cc2c(F)cccc2o1. The van der Waals surface area contributed by atoms with Gasteiger partial charge in [0.05, 0.1) is 5.39 Å². The molecule has 1 aromatic heterocycles. The van der Waals surface area contributed by atoms with Crippen molar-refractivity contribution in [3.05, 3.63) is 35.8 Å². The number of halogens is 2. The van der Waals surface area contributed by atoms with Crippen molar-refractivity contribution in [1.82, 2.24) is 0 Å². The van der Waals surface area contributed by atoms with Crippen molar-refractivity contribution in [1.29, 1.82) is 0 Å². The van der Waals surface area contributed by atoms with Crippen LogP contribution in [-0.2, 0) is 0 Å². The van der Waals surface area contributed by atoms with Gasteiger partial charge in [0.25, 0.3) is 0 Å². The van der Waals surface area contributed by atoms with E-state index in [9.17, 15) is 4.39 Å². The van der Waals surface area contributed by atoms with Crippen molar-refractivity contribution < 1.29 is 14.0 Å². The van der Waals surface area contributed by atoms with Gasteiger partial charge in [-0.25, -0.2) is 4.39 Å². The van der Waals surface area contributed by atoms with Crippen molar-refractivity contribution in [2.24, 2.45) is 10.9 Å². The molecule has 0 amide bonds. The Morgan fingerprint density at radius 3 is 2.80 bits per heavy atom. The van der Waals surface area contributed by atoms with E-state index in [2.05, 4.69) is 5.16 Å². The lowest BCUT2D eigenvalue weighted by Gasteiger charge is -1.88. The molecule has 6 heteroatoms. The van der Waals surface area contributed by atoms with Crippen molar-refractivity contribution >= 4 is 29.2 Å². The zero-order valence-electron chi connectivity index (χ0n) is 7.48. The number of rotatable bonds is 1. The van der Waals surface area contributed by atoms with Crippen molar-refractivity contribution in [3.8, 4) is 0 Å². The molecule has 2 aromatic rings. The molecule has 0 spiro atoms. The van der Waals surface area contributed by atoms with E-state index >= 15 is 0 Å². The number of furan rings is 1. The normalized spacial score (nSPS) is 11.4. The Morgan fingerprint density at radius 1 is 1.47 bits per heavy atom. The van der Waals surface area contributed by atoms with E-state index < -0.39 is 5.82 Å². The van der Waals surface area contributed by atoms with Crippen LogP contribution < -0.4 is 5.73 Å². The zero-order valence-corrected chi connectivity index (χ0v) is 8.29. The number of oxime groups is 1. The van der Waals surface area contributed by atoms with Gasteiger partial charge in [0, 0.05) is 0 Å². The first kappa shape index (κ1) is 11.3. The van der Waals surface area contributed by atoms with Crippen LogP contribution in [0.15, 0.2) is 33.8 Å². The number of fused-ring (bicyclic) bond motifs is 1. The van der Waals surface area contributed by atoms with Crippen LogP contribution in [-0.4, -0.2) is 11.0 Å². The molecule has 15 heavy (non-hydrogen) atoms. The second-order valence-corrected chi connectivity index (χ2v) is 2.75. The first-order valence-corrected chi connectivity index (χ1v) is 3.88. The molecular weight excluding hydrogens is 223 g/mol. The maximum absolute atomic E-state index is 13.2. The van der Waals surface area contributed by atoms with Crippen LogP contribution in [0.2, 0.25) is 0 Å². The molecule has 80 valence electrons. The van der Waals surface area contributed by atoms with Gasteiger partial charge in [0.2, 0.25) is 5.84 Å². The Labute approximate surface area is 90.6 Å². The second-order valence-electron chi connectivity index (χ2n) is 2.75. The Morgan fingerprint density at radius 2 is 2.20 bits per heavy atom. The highest BCUT2D eigenvalue weighted by atomic mass is 35.5. The summed E-state index contributed by atoms with van der Waals surface area (Å²) in [6, 6.07) is 5.83. The van der Waals surface area contributed by atoms with Gasteiger partial charge in [-0.2, -0.15) is 0 Å². The van der Waals surface area contributed by atoms with E-state index in [0.717, 1.165) is 0 Å². The number of nitrogens with two attached hydrogens (primary N) is 1. The fourth-order valence-electron chi connectivity index (χ4n) is 1.20. The summed E-state index contributed by atoms with van der Waals surface area (Å²) in [4.78, 5) is 0. The molecule has 0 saturated carbocycles. The molecule has 0 unspecified atom stereocenters. The molecule has 0 aliphatic heterocycles. The van der Waals surface area contributed by atoms with E-state index in [0.29, 0.717) is 11.0 Å². The first-order chi connectivity index (χ1) is 6.72. The maximum Gasteiger partial charge on any atom is 0.205 e.